The number of benzene rings is 1. The Bertz CT molecular complexity index is 655. The summed E-state index contributed by atoms with van der Waals surface area (Å²) in [6.07, 6.45) is 2.52. The van der Waals surface area contributed by atoms with Gasteiger partial charge in [-0.25, -0.2) is 0 Å². The highest BCUT2D eigenvalue weighted by Gasteiger charge is 2.17. The van der Waals surface area contributed by atoms with E-state index in [1.807, 2.05) is 24.3 Å². The maximum atomic E-state index is 10.8. The highest BCUT2D eigenvalue weighted by Crippen LogP contribution is 2.19. The van der Waals surface area contributed by atoms with E-state index in [0.717, 1.165) is 36.8 Å². The van der Waals surface area contributed by atoms with E-state index in [1.54, 1.807) is 18.2 Å². The van der Waals surface area contributed by atoms with Crippen molar-refractivity contribution in [1.82, 2.24) is 20.1 Å². The molecule has 0 bridgehead atoms. The first-order valence-electron chi connectivity index (χ1n) is 7.33. The molecule has 1 aromatic carbocycles. The average Bonchev–Trinajstić information content (AvgIpc) is 2.63. The molecule has 1 amide bonds. The number of carbonyl (C=O) groups is 1. The van der Waals surface area contributed by atoms with E-state index < -0.39 is 0 Å². The van der Waals surface area contributed by atoms with Crippen LogP contribution in [0.15, 0.2) is 30.5 Å². The number of aromatic nitrogens is 3. The lowest BCUT2D eigenvalue weighted by atomic mass is 10.3. The Labute approximate surface area is 134 Å². The third kappa shape index (κ3) is 3.65. The van der Waals surface area contributed by atoms with Crippen LogP contribution in [0.3, 0.4) is 0 Å². The maximum absolute atomic E-state index is 10.8. The molecule has 120 valence electrons. The van der Waals surface area contributed by atoms with Crippen LogP contribution in [0, 0.1) is 0 Å². The van der Waals surface area contributed by atoms with Gasteiger partial charge in [-0.3, -0.25) is 4.79 Å². The van der Waals surface area contributed by atoms with Crippen molar-refractivity contribution < 1.29 is 9.53 Å². The van der Waals surface area contributed by atoms with Crippen LogP contribution in [0.1, 0.15) is 0 Å². The molecule has 1 saturated heterocycles. The number of amides is 1. The molecule has 0 saturated carbocycles. The Hall–Kier alpha value is -2.90. The van der Waals surface area contributed by atoms with Crippen LogP contribution < -0.4 is 15.0 Å². The van der Waals surface area contributed by atoms with E-state index >= 15 is 0 Å². The van der Waals surface area contributed by atoms with Crippen LogP contribution in [0.4, 0.5) is 17.5 Å². The number of piperazine rings is 1. The van der Waals surface area contributed by atoms with Crippen LogP contribution in [0.2, 0.25) is 0 Å². The van der Waals surface area contributed by atoms with Gasteiger partial charge in [-0.1, -0.05) is 0 Å². The van der Waals surface area contributed by atoms with Crippen LogP contribution in [-0.4, -0.2) is 59.8 Å². The predicted molar refractivity (Wildman–Crippen MR) is 86.0 cm³/mol. The van der Waals surface area contributed by atoms with Gasteiger partial charge < -0.3 is 19.9 Å². The Morgan fingerprint density at radius 1 is 1.17 bits per heavy atom. The van der Waals surface area contributed by atoms with E-state index in [0.29, 0.717) is 19.0 Å². The second-order valence-corrected chi connectivity index (χ2v) is 5.12. The zero-order valence-corrected chi connectivity index (χ0v) is 12.8. The second kappa shape index (κ2) is 6.91. The molecule has 0 aliphatic carbocycles. The summed E-state index contributed by atoms with van der Waals surface area (Å²) >= 11 is 0. The number of hydrogen-bond donors (Lipinski definition) is 1. The van der Waals surface area contributed by atoms with Gasteiger partial charge in [0.1, 0.15) is 5.75 Å². The van der Waals surface area contributed by atoms with Crippen molar-refractivity contribution in [2.24, 2.45) is 0 Å². The predicted octanol–water partition coefficient (Wildman–Crippen LogP) is 0.902. The Morgan fingerprint density at radius 3 is 2.57 bits per heavy atom. The number of anilines is 3. The summed E-state index contributed by atoms with van der Waals surface area (Å²) in [7, 11) is 1.63. The molecule has 1 fully saturated rings. The molecular formula is C15H18N6O2. The minimum atomic E-state index is 0.436. The van der Waals surface area contributed by atoms with Gasteiger partial charge in [0.15, 0.2) is 5.82 Å². The molecule has 0 spiro atoms. The maximum Gasteiger partial charge on any atom is 0.249 e. The summed E-state index contributed by atoms with van der Waals surface area (Å²) in [5.41, 5.74) is 0.857. The molecule has 23 heavy (non-hydrogen) atoms. The molecule has 2 heterocycles. The smallest absolute Gasteiger partial charge is 0.249 e. The fourth-order valence-corrected chi connectivity index (χ4v) is 2.36. The highest BCUT2D eigenvalue weighted by atomic mass is 16.5. The van der Waals surface area contributed by atoms with Crippen molar-refractivity contribution in [2.75, 3.05) is 43.5 Å². The molecule has 1 N–H and O–H groups in total. The lowest BCUT2D eigenvalue weighted by Gasteiger charge is -2.33. The Balaban J connectivity index is 1.68. The molecule has 2 aromatic rings. The first kappa shape index (κ1) is 15.0. The molecule has 0 unspecified atom stereocenters. The number of rotatable bonds is 5. The molecule has 3 rings (SSSR count). The zero-order chi connectivity index (χ0) is 16.1. The largest absolute Gasteiger partial charge is 0.497 e. The minimum Gasteiger partial charge on any atom is -0.497 e. The number of ether oxygens (including phenoxy) is 1. The van der Waals surface area contributed by atoms with Gasteiger partial charge in [-0.05, 0) is 24.3 Å². The molecular weight excluding hydrogens is 296 g/mol. The van der Waals surface area contributed by atoms with Gasteiger partial charge in [0.2, 0.25) is 12.4 Å². The standard InChI is InChI=1S/C15H18N6O2/c1-23-13-4-2-12(3-5-13)17-15-18-14(10-16-19-15)21-8-6-20(11-22)7-9-21/h2-5,10-11H,6-9H2,1H3,(H,17,18,19). The van der Waals surface area contributed by atoms with Crippen molar-refractivity contribution in [3.63, 3.8) is 0 Å². The average molecular weight is 314 g/mol. The third-order valence-electron chi connectivity index (χ3n) is 3.68. The van der Waals surface area contributed by atoms with Crippen LogP contribution in [0.25, 0.3) is 0 Å². The van der Waals surface area contributed by atoms with Gasteiger partial charge in [-0.2, -0.15) is 10.1 Å². The van der Waals surface area contributed by atoms with E-state index in [4.69, 9.17) is 4.74 Å². The summed E-state index contributed by atoms with van der Waals surface area (Å²) in [6, 6.07) is 7.49. The lowest BCUT2D eigenvalue weighted by molar-refractivity contribution is -0.118. The number of nitrogens with one attached hydrogen (secondary N) is 1. The molecule has 0 atom stereocenters. The number of carbonyl (C=O) groups excluding carboxylic acids is 1. The number of methoxy groups -OCH3 is 1. The molecule has 0 radical (unpaired) electrons. The molecule has 1 aliphatic rings. The lowest BCUT2D eigenvalue weighted by Crippen LogP contribution is -2.46. The van der Waals surface area contributed by atoms with Crippen molar-refractivity contribution in [3.05, 3.63) is 30.5 Å². The summed E-state index contributed by atoms with van der Waals surface area (Å²) in [4.78, 5) is 19.1. The van der Waals surface area contributed by atoms with Crippen molar-refractivity contribution >= 4 is 23.9 Å². The first-order valence-corrected chi connectivity index (χ1v) is 7.33. The third-order valence-corrected chi connectivity index (χ3v) is 3.68. The fraction of sp³-hybridized carbons (Fsp3) is 0.333. The Morgan fingerprint density at radius 2 is 1.91 bits per heavy atom. The molecule has 8 heteroatoms. The number of hydrogen-bond acceptors (Lipinski definition) is 7. The van der Waals surface area contributed by atoms with E-state index in [-0.39, 0.29) is 0 Å². The first-order chi connectivity index (χ1) is 11.3. The SMILES string of the molecule is COc1ccc(Nc2nncc(N3CCN(C=O)CC3)n2)cc1. The van der Waals surface area contributed by atoms with Gasteiger partial charge in [0, 0.05) is 31.9 Å². The van der Waals surface area contributed by atoms with Gasteiger partial charge in [-0.15, -0.1) is 5.10 Å². The van der Waals surface area contributed by atoms with Crippen LogP contribution in [0.5, 0.6) is 5.75 Å². The molecule has 8 nitrogen and oxygen atoms in total. The van der Waals surface area contributed by atoms with Crippen molar-refractivity contribution in [2.45, 2.75) is 0 Å². The van der Waals surface area contributed by atoms with Crippen molar-refractivity contribution in [3.8, 4) is 5.75 Å². The van der Waals surface area contributed by atoms with E-state index in [2.05, 4.69) is 25.4 Å². The van der Waals surface area contributed by atoms with Gasteiger partial charge in [0.05, 0.1) is 13.3 Å². The van der Waals surface area contributed by atoms with E-state index in [9.17, 15) is 4.79 Å². The number of nitrogens with zero attached hydrogens (tertiary/aromatic N) is 5. The van der Waals surface area contributed by atoms with E-state index in [1.165, 1.54) is 0 Å². The quantitative estimate of drug-likeness (QED) is 0.821. The summed E-state index contributed by atoms with van der Waals surface area (Å²) in [6.45, 7) is 2.85. The highest BCUT2D eigenvalue weighted by molar-refractivity contribution is 5.56. The molecule has 1 aliphatic heterocycles. The van der Waals surface area contributed by atoms with Crippen molar-refractivity contribution in [1.29, 1.82) is 0 Å². The Kier molecular flexibility index (Phi) is 4.51. The van der Waals surface area contributed by atoms with Gasteiger partial charge >= 0.3 is 0 Å². The minimum absolute atomic E-state index is 0.436. The van der Waals surface area contributed by atoms with Crippen LogP contribution >= 0.6 is 0 Å². The van der Waals surface area contributed by atoms with Gasteiger partial charge in [0.25, 0.3) is 0 Å². The summed E-state index contributed by atoms with van der Waals surface area (Å²) < 4.78 is 5.13. The molecule has 1 aromatic heterocycles. The zero-order valence-electron chi connectivity index (χ0n) is 12.8. The monoisotopic (exact) mass is 314 g/mol. The fourth-order valence-electron chi connectivity index (χ4n) is 2.36. The normalized spacial score (nSPS) is 14.5. The summed E-state index contributed by atoms with van der Waals surface area (Å²) in [5, 5.41) is 11.1. The summed E-state index contributed by atoms with van der Waals surface area (Å²) in [5.74, 6) is 1.98. The van der Waals surface area contributed by atoms with Crippen LogP contribution in [-0.2, 0) is 4.79 Å². The topological polar surface area (TPSA) is 83.5 Å². The second-order valence-electron chi connectivity index (χ2n) is 5.12.